The fraction of sp³-hybridized carbons (Fsp3) is 0.375. The normalized spacial score (nSPS) is 16.2. The Morgan fingerprint density at radius 1 is 1.07 bits per heavy atom. The number of fused-ring (bicyclic) bond motifs is 1. The molecule has 0 radical (unpaired) electrons. The number of halogens is 1. The Balaban J connectivity index is 1.06. The van der Waals surface area contributed by atoms with Crippen LogP contribution in [0.5, 0.6) is 11.6 Å². The number of aromatic nitrogens is 3. The minimum atomic E-state index is -0.926. The van der Waals surface area contributed by atoms with Crippen LogP contribution in [0.25, 0.3) is 11.0 Å². The molecule has 3 heterocycles. The molecule has 1 aliphatic heterocycles. The monoisotopic (exact) mass is 569 g/mol. The Morgan fingerprint density at radius 2 is 1.90 bits per heavy atom. The average Bonchev–Trinajstić information content (AvgIpc) is 3.31. The number of rotatable bonds is 10. The van der Waals surface area contributed by atoms with Crippen LogP contribution < -0.4 is 9.47 Å². The van der Waals surface area contributed by atoms with E-state index in [0.717, 1.165) is 55.4 Å². The SMILES string of the molecule is N#Cc1ccc(OCc2cccc(OC3CCN(Cc4nc5ccc(C(=O)O)cc5n4CC4CCC4)CC3)n2)c(F)c1. The number of ether oxygens (including phenoxy) is 2. The lowest BCUT2D eigenvalue weighted by atomic mass is 9.85. The van der Waals surface area contributed by atoms with Gasteiger partial charge in [0.1, 0.15) is 18.5 Å². The second-order valence-corrected chi connectivity index (χ2v) is 11.1. The van der Waals surface area contributed by atoms with Gasteiger partial charge < -0.3 is 19.1 Å². The first-order valence-electron chi connectivity index (χ1n) is 14.3. The molecule has 0 atom stereocenters. The summed E-state index contributed by atoms with van der Waals surface area (Å²) in [6.45, 7) is 3.34. The summed E-state index contributed by atoms with van der Waals surface area (Å²) >= 11 is 0. The van der Waals surface area contributed by atoms with Gasteiger partial charge in [0.05, 0.1) is 40.5 Å². The summed E-state index contributed by atoms with van der Waals surface area (Å²) in [5, 5.41) is 18.4. The Bertz CT molecular complexity index is 1640. The molecule has 0 amide bonds. The van der Waals surface area contributed by atoms with E-state index in [4.69, 9.17) is 19.7 Å². The molecule has 2 aromatic heterocycles. The Morgan fingerprint density at radius 3 is 2.62 bits per heavy atom. The average molecular weight is 570 g/mol. The largest absolute Gasteiger partial charge is 0.484 e. The number of benzene rings is 2. The topological polar surface area (TPSA) is 114 Å². The molecular weight excluding hydrogens is 537 g/mol. The number of piperidine rings is 1. The first-order chi connectivity index (χ1) is 20.4. The van der Waals surface area contributed by atoms with Crippen molar-refractivity contribution in [1.82, 2.24) is 19.4 Å². The van der Waals surface area contributed by atoms with E-state index in [9.17, 15) is 14.3 Å². The van der Waals surface area contributed by atoms with Crippen LogP contribution in [0.4, 0.5) is 4.39 Å². The zero-order valence-electron chi connectivity index (χ0n) is 23.2. The van der Waals surface area contributed by atoms with Gasteiger partial charge in [0.15, 0.2) is 11.6 Å². The molecule has 10 heteroatoms. The number of carboxylic acid groups (broad SMARTS) is 1. The van der Waals surface area contributed by atoms with Crippen molar-refractivity contribution < 1.29 is 23.8 Å². The van der Waals surface area contributed by atoms with E-state index in [1.807, 2.05) is 24.3 Å². The third-order valence-electron chi connectivity index (χ3n) is 8.14. The molecule has 2 fully saturated rings. The lowest BCUT2D eigenvalue weighted by Gasteiger charge is -2.32. The third-order valence-corrected chi connectivity index (χ3v) is 8.14. The maximum atomic E-state index is 14.1. The van der Waals surface area contributed by atoms with Gasteiger partial charge >= 0.3 is 5.97 Å². The summed E-state index contributed by atoms with van der Waals surface area (Å²) in [6, 6.07) is 16.6. The van der Waals surface area contributed by atoms with Gasteiger partial charge in [-0.2, -0.15) is 5.26 Å². The maximum Gasteiger partial charge on any atom is 0.335 e. The third kappa shape index (κ3) is 6.21. The predicted molar refractivity (Wildman–Crippen MR) is 153 cm³/mol. The number of hydrogen-bond donors (Lipinski definition) is 1. The number of carbonyl (C=O) groups is 1. The van der Waals surface area contributed by atoms with Crippen LogP contribution in [0, 0.1) is 23.1 Å². The highest BCUT2D eigenvalue weighted by atomic mass is 19.1. The minimum Gasteiger partial charge on any atom is -0.484 e. The van der Waals surface area contributed by atoms with Gasteiger partial charge in [0.25, 0.3) is 0 Å². The van der Waals surface area contributed by atoms with E-state index in [-0.39, 0.29) is 29.6 Å². The highest BCUT2D eigenvalue weighted by molar-refractivity contribution is 5.92. The molecule has 1 N–H and O–H groups in total. The molecule has 2 aliphatic rings. The molecule has 6 rings (SSSR count). The fourth-order valence-corrected chi connectivity index (χ4v) is 5.56. The zero-order chi connectivity index (χ0) is 29.1. The summed E-state index contributed by atoms with van der Waals surface area (Å²) in [5.74, 6) is 0.656. The number of aromatic carboxylic acids is 1. The number of pyridine rings is 1. The van der Waals surface area contributed by atoms with Gasteiger partial charge in [-0.3, -0.25) is 4.90 Å². The quantitative estimate of drug-likeness (QED) is 0.264. The first-order valence-corrected chi connectivity index (χ1v) is 14.3. The van der Waals surface area contributed by atoms with Gasteiger partial charge in [-0.15, -0.1) is 0 Å². The van der Waals surface area contributed by atoms with Crippen LogP contribution in [0.2, 0.25) is 0 Å². The van der Waals surface area contributed by atoms with E-state index in [1.165, 1.54) is 31.4 Å². The number of likely N-dealkylation sites (tertiary alicyclic amines) is 1. The van der Waals surface area contributed by atoms with Crippen molar-refractivity contribution in [2.24, 2.45) is 5.92 Å². The fourth-order valence-electron chi connectivity index (χ4n) is 5.56. The van der Waals surface area contributed by atoms with Crippen LogP contribution >= 0.6 is 0 Å². The second-order valence-electron chi connectivity index (χ2n) is 11.1. The lowest BCUT2D eigenvalue weighted by Crippen LogP contribution is -2.38. The van der Waals surface area contributed by atoms with Gasteiger partial charge in [0, 0.05) is 25.7 Å². The standard InChI is InChI=1S/C32H32FN5O4/c33-26-15-22(17-34)7-10-29(26)41-20-24-5-2-6-31(35-24)42-25-11-13-37(14-12-25)19-30-36-27-9-8-23(32(39)40)16-28(27)38(30)18-21-3-1-4-21/h2,5-10,15-16,21,25H,1,3-4,11-14,18-20H2,(H,39,40). The molecule has 1 saturated heterocycles. The van der Waals surface area contributed by atoms with Crippen molar-refractivity contribution in [3.05, 3.63) is 83.1 Å². The molecule has 2 aromatic carbocycles. The number of imidazole rings is 1. The minimum absolute atomic E-state index is 0.0211. The smallest absolute Gasteiger partial charge is 0.335 e. The van der Waals surface area contributed by atoms with Gasteiger partial charge in [-0.05, 0) is 74.1 Å². The van der Waals surface area contributed by atoms with E-state index in [0.29, 0.717) is 24.0 Å². The van der Waals surface area contributed by atoms with Crippen molar-refractivity contribution in [1.29, 1.82) is 5.26 Å². The summed E-state index contributed by atoms with van der Waals surface area (Å²) < 4.78 is 28.2. The molecule has 1 aliphatic carbocycles. The number of hydrogen-bond acceptors (Lipinski definition) is 7. The molecule has 1 saturated carbocycles. The van der Waals surface area contributed by atoms with E-state index >= 15 is 0 Å². The number of carboxylic acids is 1. The van der Waals surface area contributed by atoms with E-state index < -0.39 is 11.8 Å². The van der Waals surface area contributed by atoms with E-state index in [2.05, 4.69) is 14.5 Å². The van der Waals surface area contributed by atoms with Crippen LogP contribution in [0.1, 0.15) is 59.5 Å². The molecule has 4 aromatic rings. The van der Waals surface area contributed by atoms with Crippen molar-refractivity contribution in [3.63, 3.8) is 0 Å². The Labute approximate surface area is 243 Å². The van der Waals surface area contributed by atoms with Crippen molar-refractivity contribution in [2.75, 3.05) is 13.1 Å². The van der Waals surface area contributed by atoms with Gasteiger partial charge in [-0.25, -0.2) is 19.2 Å². The van der Waals surface area contributed by atoms with Gasteiger partial charge in [0.2, 0.25) is 5.88 Å². The molecular formula is C32H32FN5O4. The Hall–Kier alpha value is -4.49. The van der Waals surface area contributed by atoms with Crippen LogP contribution in [-0.4, -0.2) is 49.7 Å². The van der Waals surface area contributed by atoms with Crippen LogP contribution in [0.15, 0.2) is 54.6 Å². The molecule has 216 valence electrons. The maximum absolute atomic E-state index is 14.1. The highest BCUT2D eigenvalue weighted by Gasteiger charge is 2.25. The summed E-state index contributed by atoms with van der Waals surface area (Å²) in [5.41, 5.74) is 2.87. The summed E-state index contributed by atoms with van der Waals surface area (Å²) in [4.78, 5) is 23.4. The van der Waals surface area contributed by atoms with Crippen molar-refractivity contribution in [2.45, 2.75) is 57.9 Å². The molecule has 0 unspecified atom stereocenters. The Kier molecular flexibility index (Phi) is 8.02. The van der Waals surface area contributed by atoms with E-state index in [1.54, 1.807) is 18.2 Å². The van der Waals surface area contributed by atoms with Crippen molar-refractivity contribution >= 4 is 17.0 Å². The summed E-state index contributed by atoms with van der Waals surface area (Å²) in [6.07, 6.45) is 5.35. The zero-order valence-corrected chi connectivity index (χ0v) is 23.2. The molecule has 0 spiro atoms. The predicted octanol–water partition coefficient (Wildman–Crippen LogP) is 5.56. The number of nitriles is 1. The first kappa shape index (κ1) is 27.7. The van der Waals surface area contributed by atoms with Crippen molar-refractivity contribution in [3.8, 4) is 17.7 Å². The second kappa shape index (κ2) is 12.2. The highest BCUT2D eigenvalue weighted by Crippen LogP contribution is 2.31. The molecule has 0 bridgehead atoms. The number of nitrogens with zero attached hydrogens (tertiary/aromatic N) is 5. The van der Waals surface area contributed by atoms with Crippen LogP contribution in [-0.2, 0) is 19.7 Å². The lowest BCUT2D eigenvalue weighted by molar-refractivity contribution is 0.0697. The van der Waals surface area contributed by atoms with Crippen LogP contribution in [0.3, 0.4) is 0 Å². The molecule has 9 nitrogen and oxygen atoms in total. The van der Waals surface area contributed by atoms with Gasteiger partial charge in [-0.1, -0.05) is 12.5 Å². The molecule has 42 heavy (non-hydrogen) atoms. The summed E-state index contributed by atoms with van der Waals surface area (Å²) in [7, 11) is 0.